The van der Waals surface area contributed by atoms with Crippen molar-refractivity contribution in [2.45, 2.75) is 19.8 Å². The molecule has 2 rings (SSSR count). The van der Waals surface area contributed by atoms with Crippen LogP contribution in [0.25, 0.3) is 0 Å². The normalized spacial score (nSPS) is 15.8. The first kappa shape index (κ1) is 16.8. The van der Waals surface area contributed by atoms with E-state index in [0.717, 1.165) is 45.7 Å². The smallest absolute Gasteiger partial charge is 0.338 e. The molecule has 5 heteroatoms. The third-order valence-electron chi connectivity index (χ3n) is 4.04. The molecule has 1 aromatic carbocycles. The van der Waals surface area contributed by atoms with E-state index < -0.39 is 0 Å². The third kappa shape index (κ3) is 4.71. The fraction of sp³-hybridized carbons (Fsp3) is 0.588. The molecule has 22 heavy (non-hydrogen) atoms. The zero-order valence-corrected chi connectivity index (χ0v) is 13.5. The van der Waals surface area contributed by atoms with Gasteiger partial charge in [-0.05, 0) is 57.1 Å². The van der Waals surface area contributed by atoms with E-state index in [9.17, 15) is 4.79 Å². The molecule has 1 aliphatic rings. The van der Waals surface area contributed by atoms with Crippen molar-refractivity contribution in [2.24, 2.45) is 5.73 Å². The zero-order chi connectivity index (χ0) is 15.8. The van der Waals surface area contributed by atoms with E-state index in [1.807, 2.05) is 31.2 Å². The maximum absolute atomic E-state index is 11.6. The fourth-order valence-electron chi connectivity index (χ4n) is 2.73. The van der Waals surface area contributed by atoms with E-state index in [0.29, 0.717) is 12.2 Å². The summed E-state index contributed by atoms with van der Waals surface area (Å²) in [4.78, 5) is 16.5. The molecule has 0 aromatic heterocycles. The molecule has 0 unspecified atom stereocenters. The van der Waals surface area contributed by atoms with Gasteiger partial charge in [0.15, 0.2) is 0 Å². The van der Waals surface area contributed by atoms with E-state index in [-0.39, 0.29) is 5.97 Å². The summed E-state index contributed by atoms with van der Waals surface area (Å²) < 4.78 is 5.01. The molecule has 1 aliphatic heterocycles. The number of ether oxygens (including phenoxy) is 1. The number of nitrogens with zero attached hydrogens (tertiary/aromatic N) is 2. The van der Waals surface area contributed by atoms with E-state index in [1.54, 1.807) is 0 Å². The topological polar surface area (TPSA) is 58.8 Å². The van der Waals surface area contributed by atoms with Gasteiger partial charge in [-0.25, -0.2) is 4.79 Å². The van der Waals surface area contributed by atoms with E-state index in [2.05, 4.69) is 9.80 Å². The third-order valence-corrected chi connectivity index (χ3v) is 4.04. The van der Waals surface area contributed by atoms with Crippen LogP contribution in [0.1, 0.15) is 30.1 Å². The van der Waals surface area contributed by atoms with Gasteiger partial charge in [-0.1, -0.05) is 0 Å². The molecule has 1 aromatic rings. The van der Waals surface area contributed by atoms with Crippen molar-refractivity contribution in [3.63, 3.8) is 0 Å². The molecule has 1 saturated heterocycles. The Bertz CT molecular complexity index is 453. The van der Waals surface area contributed by atoms with Crippen LogP contribution in [-0.2, 0) is 4.74 Å². The van der Waals surface area contributed by atoms with Gasteiger partial charge in [-0.2, -0.15) is 0 Å². The number of nitrogens with two attached hydrogens (primary N) is 1. The zero-order valence-electron chi connectivity index (χ0n) is 13.5. The first-order valence-corrected chi connectivity index (χ1v) is 8.19. The van der Waals surface area contributed by atoms with Crippen molar-refractivity contribution in [1.29, 1.82) is 0 Å². The highest BCUT2D eigenvalue weighted by Crippen LogP contribution is 2.18. The lowest BCUT2D eigenvalue weighted by molar-refractivity contribution is 0.0526. The van der Waals surface area contributed by atoms with Crippen LogP contribution >= 0.6 is 0 Å². The molecule has 0 bridgehead atoms. The van der Waals surface area contributed by atoms with E-state index >= 15 is 0 Å². The molecule has 0 spiro atoms. The molecule has 5 nitrogen and oxygen atoms in total. The number of esters is 1. The lowest BCUT2D eigenvalue weighted by atomic mass is 10.1. The number of unbranched alkanes of at least 4 members (excludes halogenated alkanes) is 1. The molecule has 1 heterocycles. The minimum absolute atomic E-state index is 0.251. The quantitative estimate of drug-likeness (QED) is 0.614. The summed E-state index contributed by atoms with van der Waals surface area (Å²) >= 11 is 0. The molecule has 0 aliphatic carbocycles. The van der Waals surface area contributed by atoms with Gasteiger partial charge in [-0.15, -0.1) is 0 Å². The molecular formula is C17H27N3O2. The highest BCUT2D eigenvalue weighted by Gasteiger charge is 2.17. The number of carbonyl (C=O) groups excluding carboxylic acids is 1. The summed E-state index contributed by atoms with van der Waals surface area (Å²) in [6, 6.07) is 7.72. The SMILES string of the molecule is CCOC(=O)c1ccc(N2CCN(CCCCN)CC2)cc1. The Hall–Kier alpha value is -1.59. The number of hydrogen-bond acceptors (Lipinski definition) is 5. The molecule has 2 N–H and O–H groups in total. The van der Waals surface area contributed by atoms with Crippen LogP contribution in [0.15, 0.2) is 24.3 Å². The lowest BCUT2D eigenvalue weighted by Crippen LogP contribution is -2.46. The largest absolute Gasteiger partial charge is 0.462 e. The molecule has 0 atom stereocenters. The average Bonchev–Trinajstić information content (AvgIpc) is 2.56. The molecule has 122 valence electrons. The predicted octanol–water partition coefficient (Wildman–Crippen LogP) is 1.72. The van der Waals surface area contributed by atoms with Gasteiger partial charge >= 0.3 is 5.97 Å². The van der Waals surface area contributed by atoms with Gasteiger partial charge in [0.1, 0.15) is 0 Å². The first-order valence-electron chi connectivity index (χ1n) is 8.19. The second kappa shape index (κ2) is 8.76. The highest BCUT2D eigenvalue weighted by molar-refractivity contribution is 5.89. The summed E-state index contributed by atoms with van der Waals surface area (Å²) in [6.45, 7) is 8.39. The monoisotopic (exact) mass is 305 g/mol. The van der Waals surface area contributed by atoms with Crippen LogP contribution in [0.3, 0.4) is 0 Å². The average molecular weight is 305 g/mol. The first-order chi connectivity index (χ1) is 10.7. The van der Waals surface area contributed by atoms with Gasteiger partial charge in [0, 0.05) is 31.9 Å². The summed E-state index contributed by atoms with van der Waals surface area (Å²) in [5, 5.41) is 0. The highest BCUT2D eigenvalue weighted by atomic mass is 16.5. The van der Waals surface area contributed by atoms with Crippen molar-refractivity contribution < 1.29 is 9.53 Å². The van der Waals surface area contributed by atoms with Crippen LogP contribution in [0, 0.1) is 0 Å². The van der Waals surface area contributed by atoms with Crippen molar-refractivity contribution in [1.82, 2.24) is 4.90 Å². The molecule has 0 amide bonds. The van der Waals surface area contributed by atoms with Gasteiger partial charge in [0.05, 0.1) is 12.2 Å². The summed E-state index contributed by atoms with van der Waals surface area (Å²) in [7, 11) is 0. The van der Waals surface area contributed by atoms with Crippen molar-refractivity contribution >= 4 is 11.7 Å². The van der Waals surface area contributed by atoms with Crippen LogP contribution in [0.5, 0.6) is 0 Å². The van der Waals surface area contributed by atoms with Gasteiger partial charge in [0.25, 0.3) is 0 Å². The van der Waals surface area contributed by atoms with E-state index in [1.165, 1.54) is 12.1 Å². The van der Waals surface area contributed by atoms with E-state index in [4.69, 9.17) is 10.5 Å². The Morgan fingerprint density at radius 3 is 2.41 bits per heavy atom. The number of benzene rings is 1. The number of rotatable bonds is 7. The van der Waals surface area contributed by atoms with Crippen LogP contribution in [-0.4, -0.2) is 56.7 Å². The number of piperazine rings is 1. The minimum Gasteiger partial charge on any atom is -0.462 e. The second-order valence-corrected chi connectivity index (χ2v) is 5.59. The predicted molar refractivity (Wildman–Crippen MR) is 89.3 cm³/mol. The maximum atomic E-state index is 11.6. The van der Waals surface area contributed by atoms with Crippen LogP contribution in [0.2, 0.25) is 0 Å². The molecular weight excluding hydrogens is 278 g/mol. The molecule has 0 saturated carbocycles. The molecule has 1 fully saturated rings. The summed E-state index contributed by atoms with van der Waals surface area (Å²) in [5.74, 6) is -0.251. The Morgan fingerprint density at radius 2 is 1.82 bits per heavy atom. The van der Waals surface area contributed by atoms with Gasteiger partial charge in [-0.3, -0.25) is 4.90 Å². The van der Waals surface area contributed by atoms with Gasteiger partial charge < -0.3 is 15.4 Å². The number of carbonyl (C=O) groups is 1. The number of hydrogen-bond donors (Lipinski definition) is 1. The van der Waals surface area contributed by atoms with Crippen LogP contribution < -0.4 is 10.6 Å². The summed E-state index contributed by atoms with van der Waals surface area (Å²) in [6.07, 6.45) is 2.29. The maximum Gasteiger partial charge on any atom is 0.338 e. The van der Waals surface area contributed by atoms with Crippen LogP contribution in [0.4, 0.5) is 5.69 Å². The standard InChI is InChI=1S/C17H27N3O2/c1-2-22-17(21)15-5-7-16(8-6-15)20-13-11-19(12-14-20)10-4-3-9-18/h5-8H,2-4,9-14,18H2,1H3. The fourth-order valence-corrected chi connectivity index (χ4v) is 2.73. The Morgan fingerprint density at radius 1 is 1.14 bits per heavy atom. The van der Waals surface area contributed by atoms with Gasteiger partial charge in [0.2, 0.25) is 0 Å². The van der Waals surface area contributed by atoms with Crippen molar-refractivity contribution in [2.75, 3.05) is 50.8 Å². The molecule has 0 radical (unpaired) electrons. The lowest BCUT2D eigenvalue weighted by Gasteiger charge is -2.36. The van der Waals surface area contributed by atoms with Crippen molar-refractivity contribution in [3.05, 3.63) is 29.8 Å². The van der Waals surface area contributed by atoms with Crippen molar-refractivity contribution in [3.8, 4) is 0 Å². The second-order valence-electron chi connectivity index (χ2n) is 5.59. The summed E-state index contributed by atoms with van der Waals surface area (Å²) in [5.41, 5.74) is 7.33. The Labute approximate surface area is 133 Å². The number of anilines is 1. The minimum atomic E-state index is -0.251. The Kier molecular flexibility index (Phi) is 6.68. The Balaban J connectivity index is 1.82.